The predicted molar refractivity (Wildman–Crippen MR) is 103 cm³/mol. The number of amides is 1. The number of aromatic nitrogens is 2. The average molecular weight is 367 g/mol. The van der Waals surface area contributed by atoms with Gasteiger partial charge in [-0.25, -0.2) is 0 Å². The van der Waals surface area contributed by atoms with Gasteiger partial charge in [0.25, 0.3) is 0 Å². The Morgan fingerprint density at radius 2 is 1.92 bits per heavy atom. The van der Waals surface area contributed by atoms with Crippen molar-refractivity contribution in [3.05, 3.63) is 60.6 Å². The summed E-state index contributed by atoms with van der Waals surface area (Å²) < 4.78 is 7.55. The normalized spacial score (nSPS) is 14.7. The first-order chi connectivity index (χ1) is 12.8. The Morgan fingerprint density at radius 1 is 1.12 bits per heavy atom. The van der Waals surface area contributed by atoms with Crippen LogP contribution >= 0.6 is 11.8 Å². The molecule has 0 saturated carbocycles. The van der Waals surface area contributed by atoms with Crippen LogP contribution in [-0.2, 0) is 16.1 Å². The largest absolute Gasteiger partial charge is 0.378 e. The Bertz CT molecular complexity index is 888. The maximum Gasteiger partial charge on any atom is 0.233 e. The lowest BCUT2D eigenvalue weighted by atomic mass is 10.2. The lowest BCUT2D eigenvalue weighted by Gasteiger charge is -2.26. The van der Waals surface area contributed by atoms with Crippen LogP contribution in [0.15, 0.2) is 59.9 Å². The summed E-state index contributed by atoms with van der Waals surface area (Å²) in [6, 6.07) is 12.5. The number of thioether (sulfide) groups is 1. The zero-order valence-electron chi connectivity index (χ0n) is 14.5. The third kappa shape index (κ3) is 3.76. The second kappa shape index (κ2) is 7.93. The monoisotopic (exact) mass is 367 g/mol. The maximum absolute atomic E-state index is 12.4. The number of fused-ring (bicyclic) bond motifs is 1. The summed E-state index contributed by atoms with van der Waals surface area (Å²) in [5.41, 5.74) is 2.41. The number of hydrogen-bond acceptors (Lipinski definition) is 4. The molecule has 3 heterocycles. The zero-order valence-corrected chi connectivity index (χ0v) is 15.3. The molecule has 1 fully saturated rings. The van der Waals surface area contributed by atoms with Gasteiger partial charge < -0.3 is 14.2 Å². The summed E-state index contributed by atoms with van der Waals surface area (Å²) in [7, 11) is 0. The second-order valence-corrected chi connectivity index (χ2v) is 7.29. The Balaban J connectivity index is 1.48. The molecule has 0 N–H and O–H groups in total. The molecule has 1 aromatic carbocycles. The van der Waals surface area contributed by atoms with E-state index in [0.29, 0.717) is 32.1 Å². The highest BCUT2D eigenvalue weighted by molar-refractivity contribution is 8.00. The van der Waals surface area contributed by atoms with Gasteiger partial charge in [0.1, 0.15) is 0 Å². The topological polar surface area (TPSA) is 47.4 Å². The van der Waals surface area contributed by atoms with Crippen LogP contribution in [0.3, 0.4) is 0 Å². The minimum Gasteiger partial charge on any atom is -0.378 e. The van der Waals surface area contributed by atoms with E-state index in [0.717, 1.165) is 11.4 Å². The van der Waals surface area contributed by atoms with Gasteiger partial charge in [0.05, 0.1) is 19.0 Å². The van der Waals surface area contributed by atoms with Crippen molar-refractivity contribution in [1.29, 1.82) is 0 Å². The molecule has 2 aromatic heterocycles. The molecule has 0 unspecified atom stereocenters. The quantitative estimate of drug-likeness (QED) is 0.651. The van der Waals surface area contributed by atoms with Gasteiger partial charge in [0.2, 0.25) is 5.91 Å². The van der Waals surface area contributed by atoms with Crippen LogP contribution in [0.25, 0.3) is 10.9 Å². The average Bonchev–Trinajstić information content (AvgIpc) is 3.11. The van der Waals surface area contributed by atoms with Gasteiger partial charge in [-0.15, -0.1) is 11.8 Å². The lowest BCUT2D eigenvalue weighted by molar-refractivity contribution is -0.132. The number of carbonyl (C=O) groups is 1. The molecule has 5 nitrogen and oxygen atoms in total. The molecule has 134 valence electrons. The van der Waals surface area contributed by atoms with E-state index < -0.39 is 0 Å². The minimum absolute atomic E-state index is 0.187. The van der Waals surface area contributed by atoms with Gasteiger partial charge in [-0.3, -0.25) is 9.78 Å². The summed E-state index contributed by atoms with van der Waals surface area (Å²) in [5, 5.41) is 1.20. The number of rotatable bonds is 5. The van der Waals surface area contributed by atoms with Crippen LogP contribution in [0.2, 0.25) is 0 Å². The standard InChI is InChI=1S/C20H21N3O2S/c24-20(22-10-12-25-13-11-22)15-26-19-3-1-2-18-17(19)6-9-23(18)14-16-4-7-21-8-5-16/h1-9H,10-15H2. The number of benzene rings is 1. The molecule has 6 heteroatoms. The van der Waals surface area contributed by atoms with Crippen molar-refractivity contribution < 1.29 is 9.53 Å². The lowest BCUT2D eigenvalue weighted by Crippen LogP contribution is -2.41. The van der Waals surface area contributed by atoms with Gasteiger partial charge in [-0.05, 0) is 35.9 Å². The molecule has 4 rings (SSSR count). The van der Waals surface area contributed by atoms with E-state index in [9.17, 15) is 4.79 Å². The zero-order chi connectivity index (χ0) is 17.8. The van der Waals surface area contributed by atoms with Crippen LogP contribution in [-0.4, -0.2) is 52.4 Å². The summed E-state index contributed by atoms with van der Waals surface area (Å²) >= 11 is 1.62. The molecule has 0 atom stereocenters. The van der Waals surface area contributed by atoms with Gasteiger partial charge >= 0.3 is 0 Å². The highest BCUT2D eigenvalue weighted by Crippen LogP contribution is 2.29. The van der Waals surface area contributed by atoms with Crippen molar-refractivity contribution in [2.24, 2.45) is 0 Å². The van der Waals surface area contributed by atoms with E-state index in [1.807, 2.05) is 29.4 Å². The second-order valence-electron chi connectivity index (χ2n) is 6.27. The number of pyridine rings is 1. The van der Waals surface area contributed by atoms with Crippen LogP contribution in [0, 0.1) is 0 Å². The van der Waals surface area contributed by atoms with Crippen LogP contribution in [0.4, 0.5) is 0 Å². The Morgan fingerprint density at radius 3 is 2.73 bits per heavy atom. The summed E-state index contributed by atoms with van der Waals surface area (Å²) in [5.74, 6) is 0.654. The molecule has 0 aliphatic carbocycles. The highest BCUT2D eigenvalue weighted by atomic mass is 32.2. The molecule has 0 spiro atoms. The van der Waals surface area contributed by atoms with E-state index in [2.05, 4.69) is 40.0 Å². The van der Waals surface area contributed by atoms with Gasteiger partial charge in [0.15, 0.2) is 0 Å². The van der Waals surface area contributed by atoms with Gasteiger partial charge in [0, 0.05) is 54.0 Å². The maximum atomic E-state index is 12.4. The number of nitrogens with zero attached hydrogens (tertiary/aromatic N) is 3. The van der Waals surface area contributed by atoms with Crippen molar-refractivity contribution in [1.82, 2.24) is 14.5 Å². The van der Waals surface area contributed by atoms with E-state index in [4.69, 9.17) is 4.74 Å². The fraction of sp³-hybridized carbons (Fsp3) is 0.300. The third-order valence-electron chi connectivity index (χ3n) is 4.59. The van der Waals surface area contributed by atoms with Crippen LogP contribution in [0.1, 0.15) is 5.56 Å². The van der Waals surface area contributed by atoms with Gasteiger partial charge in [-0.1, -0.05) is 6.07 Å². The first kappa shape index (κ1) is 17.1. The van der Waals surface area contributed by atoms with E-state index in [-0.39, 0.29) is 5.91 Å². The Kier molecular flexibility index (Phi) is 5.22. The van der Waals surface area contributed by atoms with Crippen LogP contribution in [0.5, 0.6) is 0 Å². The highest BCUT2D eigenvalue weighted by Gasteiger charge is 2.17. The molecule has 0 bridgehead atoms. The van der Waals surface area contributed by atoms with Gasteiger partial charge in [-0.2, -0.15) is 0 Å². The summed E-state index contributed by atoms with van der Waals surface area (Å²) in [4.78, 5) is 19.5. The number of ether oxygens (including phenoxy) is 1. The van der Waals surface area contributed by atoms with Crippen molar-refractivity contribution in [2.75, 3.05) is 32.1 Å². The molecule has 0 radical (unpaired) electrons. The minimum atomic E-state index is 0.187. The van der Waals surface area contributed by atoms with Crippen molar-refractivity contribution in [3.63, 3.8) is 0 Å². The van der Waals surface area contributed by atoms with Crippen LogP contribution < -0.4 is 0 Å². The molecular weight excluding hydrogens is 346 g/mol. The Labute approximate surface area is 157 Å². The fourth-order valence-electron chi connectivity index (χ4n) is 3.19. The van der Waals surface area contributed by atoms with E-state index >= 15 is 0 Å². The van der Waals surface area contributed by atoms with Crippen molar-refractivity contribution in [2.45, 2.75) is 11.4 Å². The third-order valence-corrected chi connectivity index (χ3v) is 5.65. The molecular formula is C20H21N3O2S. The fourth-order valence-corrected chi connectivity index (χ4v) is 4.15. The molecule has 26 heavy (non-hydrogen) atoms. The smallest absolute Gasteiger partial charge is 0.233 e. The summed E-state index contributed by atoms with van der Waals surface area (Å²) in [6.07, 6.45) is 5.75. The Hall–Kier alpha value is -2.31. The molecule has 3 aromatic rings. The molecule has 1 amide bonds. The molecule has 1 aliphatic heterocycles. The predicted octanol–water partition coefficient (Wildman–Crippen LogP) is 3.04. The first-order valence-corrected chi connectivity index (χ1v) is 9.75. The number of carbonyl (C=O) groups excluding carboxylic acids is 1. The van der Waals surface area contributed by atoms with Crippen molar-refractivity contribution >= 4 is 28.6 Å². The van der Waals surface area contributed by atoms with E-state index in [1.165, 1.54) is 16.5 Å². The van der Waals surface area contributed by atoms with Crippen molar-refractivity contribution in [3.8, 4) is 0 Å². The number of hydrogen-bond donors (Lipinski definition) is 0. The molecule has 1 saturated heterocycles. The molecule has 1 aliphatic rings. The summed E-state index contributed by atoms with van der Waals surface area (Å²) in [6.45, 7) is 3.50. The first-order valence-electron chi connectivity index (χ1n) is 8.76. The number of morpholine rings is 1. The SMILES string of the molecule is O=C(CSc1cccc2c1ccn2Cc1ccncc1)N1CCOCC1. The van der Waals surface area contributed by atoms with E-state index in [1.54, 1.807) is 11.8 Å².